The monoisotopic (exact) mass is 291 g/mol. The maximum Gasteiger partial charge on any atom is 0.337 e. The Balaban J connectivity index is 2.11. The molecule has 0 atom stereocenters. The molecular formula is C15H21N3O3. The molecule has 21 heavy (non-hydrogen) atoms. The van der Waals surface area contributed by atoms with Crippen LogP contribution in [0.5, 0.6) is 0 Å². The van der Waals surface area contributed by atoms with Crippen molar-refractivity contribution in [1.82, 2.24) is 14.5 Å². The van der Waals surface area contributed by atoms with Crippen LogP contribution >= 0.6 is 0 Å². The highest BCUT2D eigenvalue weighted by Gasteiger charge is 2.14. The van der Waals surface area contributed by atoms with E-state index in [1.807, 2.05) is 31.7 Å². The minimum Gasteiger partial charge on any atom is -0.478 e. The average Bonchev–Trinajstić information content (AvgIpc) is 2.73. The Labute approximate surface area is 124 Å². The van der Waals surface area contributed by atoms with Crippen molar-refractivity contribution in [3.05, 3.63) is 29.6 Å². The smallest absolute Gasteiger partial charge is 0.337 e. The second-order valence-corrected chi connectivity index (χ2v) is 5.20. The molecule has 0 bridgehead atoms. The zero-order valence-electron chi connectivity index (χ0n) is 12.7. The molecule has 0 unspecified atom stereocenters. The molecule has 2 rings (SSSR count). The summed E-state index contributed by atoms with van der Waals surface area (Å²) >= 11 is 0. The fraction of sp³-hybridized carbons (Fsp3) is 0.467. The third-order valence-electron chi connectivity index (χ3n) is 3.34. The predicted molar refractivity (Wildman–Crippen MR) is 80.8 cm³/mol. The van der Waals surface area contributed by atoms with Gasteiger partial charge < -0.3 is 19.3 Å². The van der Waals surface area contributed by atoms with Crippen LogP contribution in [0.4, 0.5) is 0 Å². The number of carbonyl (C=O) groups is 1. The van der Waals surface area contributed by atoms with E-state index >= 15 is 0 Å². The van der Waals surface area contributed by atoms with Gasteiger partial charge in [0, 0.05) is 13.1 Å². The van der Waals surface area contributed by atoms with Gasteiger partial charge in [-0.15, -0.1) is 0 Å². The number of aromatic nitrogens is 2. The quantitative estimate of drug-likeness (QED) is 0.785. The van der Waals surface area contributed by atoms with Crippen molar-refractivity contribution in [1.29, 1.82) is 0 Å². The summed E-state index contributed by atoms with van der Waals surface area (Å²) in [6.07, 6.45) is 0. The number of ether oxygens (including phenoxy) is 1. The number of nitrogens with zero attached hydrogens (tertiary/aromatic N) is 3. The van der Waals surface area contributed by atoms with Gasteiger partial charge in [0.25, 0.3) is 0 Å². The summed E-state index contributed by atoms with van der Waals surface area (Å²) in [5.74, 6) is -0.151. The van der Waals surface area contributed by atoms with Crippen LogP contribution in [0.1, 0.15) is 16.2 Å². The standard InChI is InChI=1S/C15H21N3O3/c1-11-16-14-12(15(19)20)5-4-6-13(14)18(11)8-10-21-9-7-17(2)3/h4-6H,7-10H2,1-3H3,(H,19,20). The van der Waals surface area contributed by atoms with Gasteiger partial charge in [-0.05, 0) is 33.2 Å². The predicted octanol–water partition coefficient (Wildman–Crippen LogP) is 1.62. The van der Waals surface area contributed by atoms with Crippen molar-refractivity contribution in [2.45, 2.75) is 13.5 Å². The fourth-order valence-corrected chi connectivity index (χ4v) is 2.22. The van der Waals surface area contributed by atoms with Crippen LogP contribution in [0.15, 0.2) is 18.2 Å². The Morgan fingerprint density at radius 3 is 2.81 bits per heavy atom. The van der Waals surface area contributed by atoms with Crippen LogP contribution in [0.2, 0.25) is 0 Å². The SMILES string of the molecule is Cc1nc2c(C(=O)O)cccc2n1CCOCCN(C)C. The molecule has 1 aromatic heterocycles. The number of fused-ring (bicyclic) bond motifs is 1. The molecule has 1 heterocycles. The molecule has 114 valence electrons. The Morgan fingerprint density at radius 1 is 1.38 bits per heavy atom. The first-order valence-electron chi connectivity index (χ1n) is 6.92. The molecule has 6 heteroatoms. The number of likely N-dealkylation sites (N-methyl/N-ethyl adjacent to an activating group) is 1. The summed E-state index contributed by atoms with van der Waals surface area (Å²) in [5.41, 5.74) is 1.61. The van der Waals surface area contributed by atoms with Crippen LogP contribution in [-0.2, 0) is 11.3 Å². The summed E-state index contributed by atoms with van der Waals surface area (Å²) in [7, 11) is 4.01. The lowest BCUT2D eigenvalue weighted by Crippen LogP contribution is -2.19. The first-order valence-corrected chi connectivity index (χ1v) is 6.92. The average molecular weight is 291 g/mol. The number of carboxylic acids is 1. The summed E-state index contributed by atoms with van der Waals surface area (Å²) in [5, 5.41) is 9.20. The van der Waals surface area contributed by atoms with Gasteiger partial charge in [-0.25, -0.2) is 9.78 Å². The van der Waals surface area contributed by atoms with Crippen LogP contribution in [0.25, 0.3) is 11.0 Å². The molecule has 1 N–H and O–H groups in total. The van der Waals surface area contributed by atoms with Gasteiger partial charge in [-0.3, -0.25) is 0 Å². The number of hydrogen-bond acceptors (Lipinski definition) is 4. The molecule has 0 spiro atoms. The largest absolute Gasteiger partial charge is 0.478 e. The molecule has 0 aliphatic carbocycles. The summed E-state index contributed by atoms with van der Waals surface area (Å²) < 4.78 is 7.59. The van der Waals surface area contributed by atoms with Crippen LogP contribution in [-0.4, -0.2) is 59.4 Å². The fourth-order valence-electron chi connectivity index (χ4n) is 2.22. The van der Waals surface area contributed by atoms with Crippen molar-refractivity contribution in [3.63, 3.8) is 0 Å². The highest BCUT2D eigenvalue weighted by atomic mass is 16.5. The van der Waals surface area contributed by atoms with Crippen molar-refractivity contribution in [2.24, 2.45) is 0 Å². The number of carboxylic acid groups (broad SMARTS) is 1. The zero-order chi connectivity index (χ0) is 15.4. The van der Waals surface area contributed by atoms with E-state index in [0.29, 0.717) is 25.3 Å². The van der Waals surface area contributed by atoms with Gasteiger partial charge in [-0.2, -0.15) is 0 Å². The lowest BCUT2D eigenvalue weighted by Gasteiger charge is -2.11. The van der Waals surface area contributed by atoms with Gasteiger partial charge in [0.1, 0.15) is 11.3 Å². The van der Waals surface area contributed by atoms with E-state index in [2.05, 4.69) is 9.88 Å². The molecule has 0 saturated carbocycles. The second-order valence-electron chi connectivity index (χ2n) is 5.20. The molecule has 0 aliphatic rings. The first kappa shape index (κ1) is 15.5. The van der Waals surface area contributed by atoms with E-state index < -0.39 is 5.97 Å². The number of benzene rings is 1. The van der Waals surface area contributed by atoms with Gasteiger partial charge in [0.15, 0.2) is 0 Å². The van der Waals surface area contributed by atoms with Gasteiger partial charge in [-0.1, -0.05) is 6.07 Å². The molecule has 0 saturated heterocycles. The van der Waals surface area contributed by atoms with Crippen molar-refractivity contribution in [3.8, 4) is 0 Å². The Hall–Kier alpha value is -1.92. The molecule has 1 aromatic carbocycles. The van der Waals surface area contributed by atoms with E-state index in [-0.39, 0.29) is 5.56 Å². The Bertz CT molecular complexity index is 634. The number of rotatable bonds is 7. The van der Waals surface area contributed by atoms with E-state index in [1.54, 1.807) is 12.1 Å². The molecule has 2 aromatic rings. The van der Waals surface area contributed by atoms with Gasteiger partial charge >= 0.3 is 5.97 Å². The number of aryl methyl sites for hydroxylation is 1. The summed E-state index contributed by atoms with van der Waals surface area (Å²) in [4.78, 5) is 17.7. The lowest BCUT2D eigenvalue weighted by molar-refractivity contribution is 0.0699. The third-order valence-corrected chi connectivity index (χ3v) is 3.34. The minimum atomic E-state index is -0.951. The first-order chi connectivity index (χ1) is 10.0. The highest BCUT2D eigenvalue weighted by molar-refractivity contribution is 6.01. The number of aromatic carboxylic acids is 1. The van der Waals surface area contributed by atoms with E-state index in [4.69, 9.17) is 4.74 Å². The topological polar surface area (TPSA) is 67.6 Å². The zero-order valence-corrected chi connectivity index (χ0v) is 12.7. The molecule has 0 aliphatic heterocycles. The maximum absolute atomic E-state index is 11.2. The minimum absolute atomic E-state index is 0.239. The Kier molecular flexibility index (Phi) is 4.93. The van der Waals surface area contributed by atoms with E-state index in [9.17, 15) is 9.90 Å². The molecule has 0 radical (unpaired) electrons. The van der Waals surface area contributed by atoms with Crippen molar-refractivity contribution < 1.29 is 14.6 Å². The van der Waals surface area contributed by atoms with Crippen LogP contribution < -0.4 is 0 Å². The lowest BCUT2D eigenvalue weighted by atomic mass is 10.2. The van der Waals surface area contributed by atoms with Crippen LogP contribution in [0, 0.1) is 6.92 Å². The molecular weight excluding hydrogens is 270 g/mol. The summed E-state index contributed by atoms with van der Waals surface area (Å²) in [6.45, 7) is 4.69. The van der Waals surface area contributed by atoms with E-state index in [0.717, 1.165) is 17.9 Å². The van der Waals surface area contributed by atoms with Gasteiger partial charge in [0.2, 0.25) is 0 Å². The summed E-state index contributed by atoms with van der Waals surface area (Å²) in [6, 6.07) is 5.22. The van der Waals surface area contributed by atoms with Crippen molar-refractivity contribution >= 4 is 17.0 Å². The van der Waals surface area contributed by atoms with Crippen LogP contribution in [0.3, 0.4) is 0 Å². The third kappa shape index (κ3) is 3.59. The normalized spacial score (nSPS) is 11.4. The number of hydrogen-bond donors (Lipinski definition) is 1. The number of para-hydroxylation sites is 1. The molecule has 6 nitrogen and oxygen atoms in total. The molecule has 0 fully saturated rings. The maximum atomic E-state index is 11.2. The second kappa shape index (κ2) is 6.69. The highest BCUT2D eigenvalue weighted by Crippen LogP contribution is 2.20. The van der Waals surface area contributed by atoms with Crippen molar-refractivity contribution in [2.75, 3.05) is 33.9 Å². The molecule has 0 amide bonds. The van der Waals surface area contributed by atoms with E-state index in [1.165, 1.54) is 0 Å². The van der Waals surface area contributed by atoms with Gasteiger partial charge in [0.05, 0.1) is 24.3 Å². The Morgan fingerprint density at radius 2 is 2.14 bits per heavy atom. The number of imidazole rings is 1.